The van der Waals surface area contributed by atoms with Gasteiger partial charge >= 0.3 is 11.9 Å². The van der Waals surface area contributed by atoms with E-state index in [2.05, 4.69) is 15.2 Å². The molecule has 2 heterocycles. The van der Waals surface area contributed by atoms with Gasteiger partial charge in [-0.3, -0.25) is 14.3 Å². The lowest BCUT2D eigenvalue weighted by Gasteiger charge is -2.26. The average molecular weight is 434 g/mol. The number of benzene rings is 2. The highest BCUT2D eigenvalue weighted by atomic mass is 19.4. The van der Waals surface area contributed by atoms with Crippen molar-refractivity contribution >= 4 is 22.6 Å². The van der Waals surface area contributed by atoms with E-state index in [1.165, 1.54) is 18.2 Å². The number of nitrogens with one attached hydrogen (secondary N) is 2. The minimum Gasteiger partial charge on any atom is -0.379 e. The first-order valence-corrected chi connectivity index (χ1v) is 9.78. The van der Waals surface area contributed by atoms with Crippen molar-refractivity contribution in [1.29, 1.82) is 0 Å². The fourth-order valence-corrected chi connectivity index (χ4v) is 3.56. The minimum atomic E-state index is -4.52. The van der Waals surface area contributed by atoms with E-state index >= 15 is 0 Å². The molecule has 2 aromatic carbocycles. The summed E-state index contributed by atoms with van der Waals surface area (Å²) in [7, 11) is 0. The van der Waals surface area contributed by atoms with Crippen molar-refractivity contribution in [3.05, 3.63) is 64.1 Å². The van der Waals surface area contributed by atoms with Gasteiger partial charge in [0.25, 0.3) is 5.91 Å². The van der Waals surface area contributed by atoms with Gasteiger partial charge in [-0.25, -0.2) is 4.79 Å². The van der Waals surface area contributed by atoms with Crippen LogP contribution in [0.3, 0.4) is 0 Å². The van der Waals surface area contributed by atoms with Crippen LogP contribution in [0, 0.1) is 0 Å². The van der Waals surface area contributed by atoms with Gasteiger partial charge in [0, 0.05) is 30.9 Å². The highest BCUT2D eigenvalue weighted by Gasteiger charge is 2.29. The molecule has 7 nitrogen and oxygen atoms in total. The summed E-state index contributed by atoms with van der Waals surface area (Å²) in [5.41, 5.74) is 1.32. The van der Waals surface area contributed by atoms with Crippen LogP contribution in [0.25, 0.3) is 11.0 Å². The lowest BCUT2D eigenvalue weighted by molar-refractivity contribution is -0.140. The van der Waals surface area contributed by atoms with Crippen molar-refractivity contribution in [2.45, 2.75) is 19.3 Å². The molecule has 0 radical (unpaired) electrons. The number of aromatic nitrogens is 2. The van der Waals surface area contributed by atoms with Crippen molar-refractivity contribution < 1.29 is 22.7 Å². The Bertz CT molecular complexity index is 1130. The van der Waals surface area contributed by atoms with Gasteiger partial charge < -0.3 is 15.0 Å². The Morgan fingerprint density at radius 3 is 2.48 bits per heavy atom. The molecule has 3 aromatic rings. The van der Waals surface area contributed by atoms with Crippen molar-refractivity contribution in [3.8, 4) is 0 Å². The first kappa shape index (κ1) is 21.1. The monoisotopic (exact) mass is 434 g/mol. The number of imidazole rings is 1. The summed E-state index contributed by atoms with van der Waals surface area (Å²) in [5.74, 6) is -0.424. The van der Waals surface area contributed by atoms with Crippen LogP contribution in [0.15, 0.2) is 47.3 Å². The molecule has 1 aliphatic rings. The molecule has 1 amide bonds. The number of nitrogens with zero attached hydrogens (tertiary/aromatic N) is 2. The number of hydrogen-bond acceptors (Lipinski definition) is 4. The van der Waals surface area contributed by atoms with Crippen LogP contribution in [0.1, 0.15) is 15.9 Å². The Labute approximate surface area is 175 Å². The maximum absolute atomic E-state index is 12.7. The van der Waals surface area contributed by atoms with Crippen molar-refractivity contribution in [2.75, 3.05) is 31.6 Å². The van der Waals surface area contributed by atoms with Gasteiger partial charge in [-0.2, -0.15) is 13.2 Å². The standard InChI is InChI=1S/C21H21F3N4O3/c22-21(23,24)13-28-18-6-3-15(11-17(18)26-20(28)30)19(29)25-16-4-1-14(2-5-16)12-27-7-9-31-10-8-27/h1-6,11H,7-10,12-13H2,(H,25,29)(H,26,30). The fraction of sp³-hybridized carbons (Fsp3) is 0.333. The fourth-order valence-electron chi connectivity index (χ4n) is 3.56. The smallest absolute Gasteiger partial charge is 0.379 e. The largest absolute Gasteiger partial charge is 0.406 e. The number of aromatic amines is 1. The van der Waals surface area contributed by atoms with E-state index < -0.39 is 24.3 Å². The predicted molar refractivity (Wildman–Crippen MR) is 109 cm³/mol. The van der Waals surface area contributed by atoms with Crippen LogP contribution in [-0.2, 0) is 17.8 Å². The van der Waals surface area contributed by atoms with Crippen LogP contribution in [0.4, 0.5) is 18.9 Å². The highest BCUT2D eigenvalue weighted by Crippen LogP contribution is 2.21. The first-order valence-electron chi connectivity index (χ1n) is 9.78. The molecular formula is C21H21F3N4O3. The van der Waals surface area contributed by atoms with Crippen LogP contribution >= 0.6 is 0 Å². The molecule has 0 aliphatic carbocycles. The molecule has 1 saturated heterocycles. The van der Waals surface area contributed by atoms with Crippen molar-refractivity contribution in [1.82, 2.24) is 14.5 Å². The van der Waals surface area contributed by atoms with Gasteiger partial charge in [0.2, 0.25) is 0 Å². The van der Waals surface area contributed by atoms with Crippen LogP contribution < -0.4 is 11.0 Å². The lowest BCUT2D eigenvalue weighted by Crippen LogP contribution is -2.35. The van der Waals surface area contributed by atoms with Gasteiger partial charge in [-0.05, 0) is 35.9 Å². The Morgan fingerprint density at radius 2 is 1.81 bits per heavy atom. The lowest BCUT2D eigenvalue weighted by atomic mass is 10.1. The molecule has 0 bridgehead atoms. The Hall–Kier alpha value is -3.11. The van der Waals surface area contributed by atoms with Gasteiger partial charge in [0.1, 0.15) is 6.54 Å². The third kappa shape index (κ3) is 5.15. The van der Waals surface area contributed by atoms with E-state index in [4.69, 9.17) is 4.74 Å². The molecule has 1 aliphatic heterocycles. The highest BCUT2D eigenvalue weighted by molar-refractivity contribution is 6.05. The van der Waals surface area contributed by atoms with Gasteiger partial charge in [-0.1, -0.05) is 12.1 Å². The first-order chi connectivity index (χ1) is 14.8. The summed E-state index contributed by atoms with van der Waals surface area (Å²) in [5, 5.41) is 2.76. The maximum Gasteiger partial charge on any atom is 0.406 e. The molecule has 10 heteroatoms. The number of carbonyl (C=O) groups is 1. The molecule has 31 heavy (non-hydrogen) atoms. The number of amides is 1. The second kappa shape index (κ2) is 8.56. The SMILES string of the molecule is O=C(Nc1ccc(CN2CCOCC2)cc1)c1ccc2c(c1)[nH]c(=O)n2CC(F)(F)F. The number of anilines is 1. The summed E-state index contributed by atoms with van der Waals surface area (Å²) in [4.78, 5) is 29.1. The Balaban J connectivity index is 1.45. The van der Waals surface area contributed by atoms with Gasteiger partial charge in [0.15, 0.2) is 0 Å². The zero-order valence-electron chi connectivity index (χ0n) is 16.5. The summed E-state index contributed by atoms with van der Waals surface area (Å²) < 4.78 is 44.0. The maximum atomic E-state index is 12.7. The topological polar surface area (TPSA) is 79.4 Å². The number of morpholine rings is 1. The molecule has 4 rings (SSSR count). The average Bonchev–Trinajstić information content (AvgIpc) is 3.03. The molecule has 0 spiro atoms. The summed E-state index contributed by atoms with van der Waals surface area (Å²) in [6, 6.07) is 11.6. The number of fused-ring (bicyclic) bond motifs is 1. The number of halogens is 3. The molecule has 0 atom stereocenters. The van der Waals surface area contributed by atoms with Crippen molar-refractivity contribution in [3.63, 3.8) is 0 Å². The van der Waals surface area contributed by atoms with Crippen molar-refractivity contribution in [2.24, 2.45) is 0 Å². The minimum absolute atomic E-state index is 0.0892. The molecule has 0 unspecified atom stereocenters. The Morgan fingerprint density at radius 1 is 1.10 bits per heavy atom. The molecule has 1 fully saturated rings. The zero-order valence-corrected chi connectivity index (χ0v) is 16.5. The number of ether oxygens (including phenoxy) is 1. The third-order valence-electron chi connectivity index (χ3n) is 5.10. The van der Waals surface area contributed by atoms with Gasteiger partial charge in [0.05, 0.1) is 24.2 Å². The number of H-pyrrole nitrogens is 1. The number of carbonyl (C=O) groups excluding carboxylic acids is 1. The summed E-state index contributed by atoms with van der Waals surface area (Å²) >= 11 is 0. The number of hydrogen-bond donors (Lipinski definition) is 2. The van der Waals surface area contributed by atoms with Gasteiger partial charge in [-0.15, -0.1) is 0 Å². The van der Waals surface area contributed by atoms with Crippen LogP contribution in [-0.4, -0.2) is 52.8 Å². The summed E-state index contributed by atoms with van der Waals surface area (Å²) in [6.07, 6.45) is -4.52. The normalized spacial score (nSPS) is 15.3. The second-order valence-corrected chi connectivity index (χ2v) is 7.40. The molecule has 1 aromatic heterocycles. The van der Waals surface area contributed by atoms with E-state index in [9.17, 15) is 22.8 Å². The third-order valence-corrected chi connectivity index (χ3v) is 5.10. The van der Waals surface area contributed by atoms with E-state index in [0.29, 0.717) is 10.3 Å². The summed E-state index contributed by atoms with van der Waals surface area (Å²) in [6.45, 7) is 2.62. The molecule has 2 N–H and O–H groups in total. The van der Waals surface area contributed by atoms with E-state index in [0.717, 1.165) is 38.4 Å². The predicted octanol–water partition coefficient (Wildman–Crippen LogP) is 2.98. The number of rotatable bonds is 5. The van der Waals surface area contributed by atoms with Crippen LogP contribution in [0.5, 0.6) is 0 Å². The molecular weight excluding hydrogens is 413 g/mol. The second-order valence-electron chi connectivity index (χ2n) is 7.40. The zero-order chi connectivity index (χ0) is 22.0. The molecule has 0 saturated carbocycles. The Kier molecular flexibility index (Phi) is 5.84. The number of alkyl halides is 3. The van der Waals surface area contributed by atoms with E-state index in [-0.39, 0.29) is 16.6 Å². The van der Waals surface area contributed by atoms with E-state index in [1.54, 1.807) is 12.1 Å². The van der Waals surface area contributed by atoms with Crippen LogP contribution in [0.2, 0.25) is 0 Å². The van der Waals surface area contributed by atoms with E-state index in [1.807, 2.05) is 12.1 Å². The quantitative estimate of drug-likeness (QED) is 0.647. The molecule has 164 valence electrons.